The highest BCUT2D eigenvalue weighted by Crippen LogP contribution is 1.86. The second-order valence-electron chi connectivity index (χ2n) is 1.56. The quantitative estimate of drug-likeness (QED) is 0.396. The van der Waals surface area contributed by atoms with Gasteiger partial charge < -0.3 is 5.73 Å². The highest BCUT2D eigenvalue weighted by atomic mass is 16.7. The van der Waals surface area contributed by atoms with Crippen LogP contribution in [0.15, 0.2) is 0 Å². The first kappa shape index (κ1) is 8.90. The molecule has 5 nitrogen and oxygen atoms in total. The molecule has 0 rings (SSSR count). The minimum atomic E-state index is -0.783. The summed E-state index contributed by atoms with van der Waals surface area (Å²) in [6.45, 7) is 0. The summed E-state index contributed by atoms with van der Waals surface area (Å²) in [6.07, 6.45) is 0.740. The zero-order chi connectivity index (χ0) is 8.15. The molecule has 0 fully saturated rings. The number of rotatable bonds is 3. The summed E-state index contributed by atoms with van der Waals surface area (Å²) < 4.78 is 0. The molecule has 5 heteroatoms. The third-order valence-electron chi connectivity index (χ3n) is 0.850. The van der Waals surface area contributed by atoms with E-state index in [-0.39, 0.29) is 0 Å². The molecule has 1 radical (unpaired) electrons. The largest absolute Gasteiger partial charge is 0.369 e. The predicted octanol–water partition coefficient (Wildman–Crippen LogP) is -1.30. The number of carbonyl (C=O) groups is 2. The van der Waals surface area contributed by atoms with Crippen molar-refractivity contribution in [1.82, 2.24) is 5.06 Å². The van der Waals surface area contributed by atoms with E-state index >= 15 is 0 Å². The van der Waals surface area contributed by atoms with Crippen LogP contribution in [0.25, 0.3) is 0 Å². The van der Waals surface area contributed by atoms with Gasteiger partial charge >= 0.3 is 0 Å². The Morgan fingerprint density at radius 3 is 2.40 bits per heavy atom. The molecule has 0 unspecified atom stereocenters. The summed E-state index contributed by atoms with van der Waals surface area (Å²) in [4.78, 5) is 25.2. The maximum atomic E-state index is 10.6. The van der Waals surface area contributed by atoms with E-state index in [0.29, 0.717) is 0 Å². The van der Waals surface area contributed by atoms with Crippen molar-refractivity contribution in [1.29, 1.82) is 0 Å². The first-order chi connectivity index (χ1) is 4.57. The fourth-order valence-electron chi connectivity index (χ4n) is 0.303. The van der Waals surface area contributed by atoms with Gasteiger partial charge in [0.15, 0.2) is 0 Å². The first-order valence-corrected chi connectivity index (χ1v) is 2.54. The number of carbonyl (C=O) groups excluding carboxylic acids is 2. The van der Waals surface area contributed by atoms with Crippen LogP contribution in [-0.4, -0.2) is 31.0 Å². The van der Waals surface area contributed by atoms with Crippen LogP contribution in [0.1, 0.15) is 0 Å². The summed E-state index contributed by atoms with van der Waals surface area (Å²) in [5.74, 6) is -1.36. The molecular weight excluding hydrogens is 136 g/mol. The van der Waals surface area contributed by atoms with Crippen LogP contribution in [-0.2, 0) is 14.4 Å². The Balaban J connectivity index is 3.73. The second-order valence-corrected chi connectivity index (χ2v) is 1.56. The van der Waals surface area contributed by atoms with Gasteiger partial charge in [0.1, 0.15) is 6.42 Å². The lowest BCUT2D eigenvalue weighted by atomic mass is 10.4. The van der Waals surface area contributed by atoms with E-state index in [1.807, 2.05) is 0 Å². The van der Waals surface area contributed by atoms with Gasteiger partial charge in [-0.15, -0.1) is 0 Å². The summed E-state index contributed by atoms with van der Waals surface area (Å²) in [5.41, 5.74) is 4.69. The average molecular weight is 145 g/mol. The molecule has 0 saturated carbocycles. The van der Waals surface area contributed by atoms with Gasteiger partial charge in [-0.25, -0.2) is 5.06 Å². The Labute approximate surface area is 58.7 Å². The van der Waals surface area contributed by atoms with Crippen LogP contribution in [0.3, 0.4) is 0 Å². The first-order valence-electron chi connectivity index (χ1n) is 2.54. The van der Waals surface area contributed by atoms with Crippen molar-refractivity contribution >= 4 is 11.8 Å². The molecule has 0 aliphatic rings. The molecule has 0 spiro atoms. The zero-order valence-electron chi connectivity index (χ0n) is 5.83. The standard InChI is InChI=1S/C5H9N2O3/c1-7(10-2)5(9)3-4(6)8/h3H,1-2H3,(H2,6,8). The van der Waals surface area contributed by atoms with Gasteiger partial charge in [-0.3, -0.25) is 14.4 Å². The Bertz CT molecular complexity index is 146. The minimum Gasteiger partial charge on any atom is -0.369 e. The van der Waals surface area contributed by atoms with Gasteiger partial charge in [-0.2, -0.15) is 0 Å². The number of amides is 2. The van der Waals surface area contributed by atoms with Gasteiger partial charge in [0, 0.05) is 7.05 Å². The Kier molecular flexibility index (Phi) is 3.42. The van der Waals surface area contributed by atoms with Crippen LogP contribution in [0.4, 0.5) is 0 Å². The van der Waals surface area contributed by atoms with E-state index in [1.165, 1.54) is 14.2 Å². The predicted molar refractivity (Wildman–Crippen MR) is 33.3 cm³/mol. The zero-order valence-corrected chi connectivity index (χ0v) is 5.83. The van der Waals surface area contributed by atoms with Crippen molar-refractivity contribution in [3.63, 3.8) is 0 Å². The van der Waals surface area contributed by atoms with Crippen molar-refractivity contribution in [2.75, 3.05) is 14.2 Å². The van der Waals surface area contributed by atoms with Crippen molar-refractivity contribution in [2.24, 2.45) is 5.73 Å². The summed E-state index contributed by atoms with van der Waals surface area (Å²) in [6, 6.07) is 0. The summed E-state index contributed by atoms with van der Waals surface area (Å²) in [5, 5.41) is 0.894. The molecule has 0 aromatic carbocycles. The van der Waals surface area contributed by atoms with Crippen LogP contribution in [0.5, 0.6) is 0 Å². The van der Waals surface area contributed by atoms with Crippen molar-refractivity contribution in [2.45, 2.75) is 0 Å². The topological polar surface area (TPSA) is 72.6 Å². The van der Waals surface area contributed by atoms with E-state index in [4.69, 9.17) is 0 Å². The van der Waals surface area contributed by atoms with Gasteiger partial charge in [-0.05, 0) is 0 Å². The van der Waals surface area contributed by atoms with E-state index in [2.05, 4.69) is 10.6 Å². The fraction of sp³-hybridized carbons (Fsp3) is 0.400. The average Bonchev–Trinajstić information content (AvgIpc) is 1.85. The molecule has 2 amide bonds. The third kappa shape index (κ3) is 3.03. The molecule has 0 saturated heterocycles. The fourth-order valence-corrected chi connectivity index (χ4v) is 0.303. The number of hydrogen-bond donors (Lipinski definition) is 1. The summed E-state index contributed by atoms with van der Waals surface area (Å²) in [7, 11) is 2.69. The van der Waals surface area contributed by atoms with Gasteiger partial charge in [0.25, 0.3) is 5.91 Å². The van der Waals surface area contributed by atoms with Crippen LogP contribution >= 0.6 is 0 Å². The smallest absolute Gasteiger partial charge is 0.259 e. The van der Waals surface area contributed by atoms with E-state index < -0.39 is 11.8 Å². The molecule has 0 aliphatic carbocycles. The molecule has 0 aromatic rings. The van der Waals surface area contributed by atoms with E-state index in [0.717, 1.165) is 11.5 Å². The van der Waals surface area contributed by atoms with Crippen LogP contribution in [0.2, 0.25) is 0 Å². The summed E-state index contributed by atoms with van der Waals surface area (Å²) >= 11 is 0. The lowest BCUT2D eigenvalue weighted by Crippen LogP contribution is -2.30. The van der Waals surface area contributed by atoms with Crippen molar-refractivity contribution < 1.29 is 14.4 Å². The maximum absolute atomic E-state index is 10.6. The second kappa shape index (κ2) is 3.84. The van der Waals surface area contributed by atoms with Crippen molar-refractivity contribution in [3.05, 3.63) is 6.42 Å². The molecule has 0 bridgehead atoms. The Hall–Kier alpha value is -1.10. The van der Waals surface area contributed by atoms with Gasteiger partial charge in [-0.1, -0.05) is 0 Å². The van der Waals surface area contributed by atoms with Crippen molar-refractivity contribution in [3.8, 4) is 0 Å². The van der Waals surface area contributed by atoms with Gasteiger partial charge in [0.2, 0.25) is 5.91 Å². The molecule has 10 heavy (non-hydrogen) atoms. The molecule has 2 N–H and O–H groups in total. The third-order valence-corrected chi connectivity index (χ3v) is 0.850. The Morgan fingerprint density at radius 2 is 2.10 bits per heavy atom. The number of hydroxylamine groups is 2. The van der Waals surface area contributed by atoms with E-state index in [1.54, 1.807) is 0 Å². The molecule has 0 aromatic heterocycles. The highest BCUT2D eigenvalue weighted by molar-refractivity contribution is 6.07. The molecule has 0 aliphatic heterocycles. The number of hydrogen-bond acceptors (Lipinski definition) is 3. The molecular formula is C5H9N2O3. The number of nitrogens with zero attached hydrogens (tertiary/aromatic N) is 1. The lowest BCUT2D eigenvalue weighted by molar-refractivity contribution is -0.164. The highest BCUT2D eigenvalue weighted by Gasteiger charge is 2.10. The molecule has 57 valence electrons. The normalized spacial score (nSPS) is 9.00. The lowest BCUT2D eigenvalue weighted by Gasteiger charge is -2.11. The molecule has 0 heterocycles. The SMILES string of the molecule is CON(C)C(=O)[CH]C(N)=O. The Morgan fingerprint density at radius 1 is 1.60 bits per heavy atom. The number of nitrogens with two attached hydrogens (primary N) is 1. The number of primary amides is 1. The minimum absolute atomic E-state index is 0.574. The molecule has 0 atom stereocenters. The monoisotopic (exact) mass is 145 g/mol. The van der Waals surface area contributed by atoms with Crippen LogP contribution in [0, 0.1) is 6.42 Å². The van der Waals surface area contributed by atoms with Crippen LogP contribution < -0.4 is 5.73 Å². The van der Waals surface area contributed by atoms with E-state index in [9.17, 15) is 9.59 Å². The van der Waals surface area contributed by atoms with Gasteiger partial charge in [0.05, 0.1) is 7.11 Å². The maximum Gasteiger partial charge on any atom is 0.259 e.